The molecule has 1 unspecified atom stereocenters. The van der Waals surface area contributed by atoms with Gasteiger partial charge in [-0.15, -0.1) is 0 Å². The number of fused-ring (bicyclic) bond motifs is 1. The molecule has 1 saturated heterocycles. The topological polar surface area (TPSA) is 47.4 Å². The van der Waals surface area contributed by atoms with Crippen LogP contribution in [-0.2, 0) is 17.4 Å². The summed E-state index contributed by atoms with van der Waals surface area (Å²) in [6.45, 7) is 1.20. The van der Waals surface area contributed by atoms with Crippen LogP contribution in [0.2, 0.25) is 0 Å². The van der Waals surface area contributed by atoms with Gasteiger partial charge in [0.1, 0.15) is 11.5 Å². The summed E-state index contributed by atoms with van der Waals surface area (Å²) >= 11 is 5.59. The predicted molar refractivity (Wildman–Crippen MR) is 95.8 cm³/mol. The molecule has 1 fully saturated rings. The van der Waals surface area contributed by atoms with Crippen molar-refractivity contribution in [2.24, 2.45) is 0 Å². The molecule has 3 aromatic rings. The van der Waals surface area contributed by atoms with Crippen LogP contribution >= 0.6 is 0 Å². The third kappa shape index (κ3) is 3.04. The predicted octanol–water partition coefficient (Wildman–Crippen LogP) is 2.17. The molecule has 26 heavy (non-hydrogen) atoms. The fraction of sp³-hybridized carbons (Fsp3) is 0.263. The second-order valence-electron chi connectivity index (χ2n) is 6.24. The zero-order valence-electron chi connectivity index (χ0n) is 14.0. The first kappa shape index (κ1) is 16.9. The van der Waals surface area contributed by atoms with Crippen LogP contribution in [-0.4, -0.2) is 29.7 Å². The van der Waals surface area contributed by atoms with Crippen molar-refractivity contribution < 1.29 is 18.3 Å². The van der Waals surface area contributed by atoms with Crippen molar-refractivity contribution in [2.75, 3.05) is 13.2 Å². The van der Waals surface area contributed by atoms with Crippen LogP contribution in [0.4, 0.5) is 4.39 Å². The number of amides is 1. The number of benzene rings is 1. The number of aromatic nitrogens is 2. The molecule has 1 amide bonds. The molecule has 7 heteroatoms. The maximum Gasteiger partial charge on any atom is 0.293 e. The van der Waals surface area contributed by atoms with Gasteiger partial charge in [-0.3, -0.25) is 4.79 Å². The Morgan fingerprint density at radius 2 is 2.12 bits per heavy atom. The van der Waals surface area contributed by atoms with E-state index in [0.717, 1.165) is 25.1 Å². The highest BCUT2D eigenvalue weighted by Gasteiger charge is 2.26. The van der Waals surface area contributed by atoms with E-state index >= 15 is 0 Å². The van der Waals surface area contributed by atoms with E-state index in [9.17, 15) is 9.18 Å². The minimum atomic E-state index is -0.321. The van der Waals surface area contributed by atoms with E-state index in [1.54, 1.807) is 27.3 Å². The summed E-state index contributed by atoms with van der Waals surface area (Å²) < 4.78 is 22.4. The first-order chi connectivity index (χ1) is 12.6. The molecule has 4 rings (SSSR count). The van der Waals surface area contributed by atoms with Gasteiger partial charge >= 0.3 is 0 Å². The molecule has 134 valence electrons. The van der Waals surface area contributed by atoms with E-state index in [1.807, 2.05) is 18.2 Å². The lowest BCUT2D eigenvalue weighted by atomic mass is 10.2. The fourth-order valence-electron chi connectivity index (χ4n) is 3.26. The normalized spacial score (nSPS) is 16.9. The van der Waals surface area contributed by atoms with E-state index in [2.05, 4.69) is 5.32 Å². The lowest BCUT2D eigenvalue weighted by Crippen LogP contribution is -2.38. The molecular weight excluding hydrogens is 353 g/mol. The third-order valence-electron chi connectivity index (χ3n) is 4.53. The maximum absolute atomic E-state index is 13.3. The van der Waals surface area contributed by atoms with Crippen LogP contribution in [0.3, 0.4) is 0 Å². The summed E-state index contributed by atoms with van der Waals surface area (Å²) in [6.07, 6.45) is 3.83. The number of carbonyl (C=O) groups is 1. The van der Waals surface area contributed by atoms with Crippen molar-refractivity contribution in [3.8, 4) is 5.69 Å². The van der Waals surface area contributed by atoms with Gasteiger partial charge in [-0.2, -0.15) is 4.40 Å². The Balaban J connectivity index is 1.73. The molecule has 0 radical (unpaired) electrons. The molecule has 0 spiro atoms. The molecule has 1 aliphatic heterocycles. The zero-order chi connectivity index (χ0) is 18.1. The summed E-state index contributed by atoms with van der Waals surface area (Å²) in [6, 6.07) is 11.6. The van der Waals surface area contributed by atoms with Gasteiger partial charge in [0, 0.05) is 24.2 Å². The number of rotatable bonds is 4. The van der Waals surface area contributed by atoms with E-state index in [4.69, 9.17) is 17.4 Å². The van der Waals surface area contributed by atoms with Crippen molar-refractivity contribution >= 4 is 24.2 Å². The quantitative estimate of drug-likeness (QED) is 0.565. The van der Waals surface area contributed by atoms with Gasteiger partial charge in [-0.1, -0.05) is 6.07 Å². The van der Waals surface area contributed by atoms with Crippen LogP contribution in [0.5, 0.6) is 0 Å². The molecule has 3 heterocycles. The summed E-state index contributed by atoms with van der Waals surface area (Å²) in [5, 5.41) is 3.31. The zero-order valence-corrected chi connectivity index (χ0v) is 14.8. The van der Waals surface area contributed by atoms with E-state index < -0.39 is 0 Å². The number of nitrogens with zero attached hydrogens (tertiary/aromatic N) is 2. The number of ether oxygens (including phenoxy) is 1. The minimum absolute atomic E-state index is 0.0583. The second-order valence-corrected chi connectivity index (χ2v) is 6.63. The number of hydrogen-bond donors (Lipinski definition) is 1. The van der Waals surface area contributed by atoms with Gasteiger partial charge < -0.3 is 22.7 Å². The first-order valence-electron chi connectivity index (χ1n) is 8.53. The Bertz CT molecular complexity index is 949. The van der Waals surface area contributed by atoms with Crippen LogP contribution in [0.1, 0.15) is 23.3 Å². The number of carbonyl (C=O) groups excluding carboxylic acids is 1. The summed E-state index contributed by atoms with van der Waals surface area (Å²) in [5.74, 6) is -0.564. The lowest BCUT2D eigenvalue weighted by Gasteiger charge is -2.11. The van der Waals surface area contributed by atoms with Crippen molar-refractivity contribution in [1.82, 2.24) is 9.88 Å². The summed E-state index contributed by atoms with van der Waals surface area (Å²) in [5.41, 5.74) is 1.84. The molecule has 1 N–H and O–H groups in total. The van der Waals surface area contributed by atoms with Gasteiger partial charge in [0.25, 0.3) is 11.6 Å². The van der Waals surface area contributed by atoms with E-state index in [1.165, 1.54) is 12.1 Å². The molecule has 1 aromatic carbocycles. The number of pyridine rings is 1. The molecule has 5 nitrogen and oxygen atoms in total. The smallest absolute Gasteiger partial charge is 0.293 e. The van der Waals surface area contributed by atoms with Crippen molar-refractivity contribution in [3.63, 3.8) is 0 Å². The Morgan fingerprint density at radius 1 is 1.31 bits per heavy atom. The maximum atomic E-state index is 13.3. The lowest BCUT2D eigenvalue weighted by molar-refractivity contribution is -0.514. The van der Waals surface area contributed by atoms with E-state index in [0.29, 0.717) is 23.0 Å². The highest BCUT2D eigenvalue weighted by atomic mass is 32.1. The van der Waals surface area contributed by atoms with Gasteiger partial charge in [-0.05, 0) is 43.2 Å². The fourth-order valence-corrected chi connectivity index (χ4v) is 3.65. The summed E-state index contributed by atoms with van der Waals surface area (Å²) in [7, 11) is 0. The highest BCUT2D eigenvalue weighted by molar-refractivity contribution is 7.58. The number of hydrogen-bond acceptors (Lipinski definition) is 3. The molecular formula is C19H18FN3O2S. The molecule has 0 bridgehead atoms. The molecule has 1 aliphatic rings. The first-order valence-corrected chi connectivity index (χ1v) is 8.94. The standard InChI is InChI=1S/C19H18FN3O2S/c20-13-6-8-14(9-7-13)23-16-5-1-2-10-22(16)17(19(23)26)18(24)21-12-15-4-3-11-25-15/h1-2,5-10,15H,3-4,11-12H2,(H-,21,24,26). The molecule has 2 aromatic heterocycles. The Hall–Kier alpha value is -2.51. The summed E-state index contributed by atoms with van der Waals surface area (Å²) in [4.78, 5) is 12.8. The third-order valence-corrected chi connectivity index (χ3v) is 4.90. The number of imidazole rings is 1. The van der Waals surface area contributed by atoms with Gasteiger partial charge in [0.15, 0.2) is 0 Å². The van der Waals surface area contributed by atoms with Crippen molar-refractivity contribution in [1.29, 1.82) is 0 Å². The van der Waals surface area contributed by atoms with Gasteiger partial charge in [0.2, 0.25) is 5.69 Å². The van der Waals surface area contributed by atoms with Crippen molar-refractivity contribution in [3.05, 3.63) is 60.2 Å². The SMILES string of the molecule is O=C(NCC1CCCO1)c1c([S-])n(-c2ccc(F)cc2)c2cccc[n+]12. The Labute approximate surface area is 155 Å². The Kier molecular flexibility index (Phi) is 4.57. The monoisotopic (exact) mass is 371 g/mol. The van der Waals surface area contributed by atoms with Crippen LogP contribution in [0.25, 0.3) is 11.3 Å². The number of halogens is 1. The largest absolute Gasteiger partial charge is 0.732 e. The average molecular weight is 371 g/mol. The van der Waals surface area contributed by atoms with Gasteiger partial charge in [0.05, 0.1) is 12.3 Å². The number of nitrogens with one attached hydrogen (secondary N) is 1. The van der Waals surface area contributed by atoms with Crippen LogP contribution < -0.4 is 9.72 Å². The van der Waals surface area contributed by atoms with E-state index in [-0.39, 0.29) is 17.8 Å². The van der Waals surface area contributed by atoms with Crippen molar-refractivity contribution in [2.45, 2.75) is 24.0 Å². The average Bonchev–Trinajstić information content (AvgIpc) is 3.26. The van der Waals surface area contributed by atoms with Crippen LogP contribution in [0, 0.1) is 5.82 Å². The molecule has 1 atom stereocenters. The Morgan fingerprint density at radius 3 is 2.85 bits per heavy atom. The van der Waals surface area contributed by atoms with Crippen LogP contribution in [0.15, 0.2) is 53.7 Å². The molecule has 0 aliphatic carbocycles. The highest BCUT2D eigenvalue weighted by Crippen LogP contribution is 2.19. The van der Waals surface area contributed by atoms with Gasteiger partial charge in [-0.25, -0.2) is 8.96 Å². The second kappa shape index (κ2) is 7.01. The molecule has 0 saturated carbocycles. The minimum Gasteiger partial charge on any atom is -0.732 e.